The number of alkyl halides is 1. The molecule has 1 amide bonds. The zero-order chi connectivity index (χ0) is 11.5. The molecule has 0 bridgehead atoms. The second-order valence-corrected chi connectivity index (χ2v) is 6.44. The van der Waals surface area contributed by atoms with Gasteiger partial charge in [0.2, 0.25) is 0 Å². The van der Waals surface area contributed by atoms with Gasteiger partial charge in [-0.15, -0.1) is 22.9 Å². The van der Waals surface area contributed by atoms with E-state index >= 15 is 0 Å². The van der Waals surface area contributed by atoms with E-state index in [9.17, 15) is 4.79 Å². The van der Waals surface area contributed by atoms with Crippen molar-refractivity contribution >= 4 is 40.6 Å². The molecule has 0 saturated heterocycles. The molecule has 0 spiro atoms. The summed E-state index contributed by atoms with van der Waals surface area (Å²) < 4.78 is 0. The van der Waals surface area contributed by atoms with Gasteiger partial charge in [-0.05, 0) is 30.7 Å². The molecule has 2 heterocycles. The van der Waals surface area contributed by atoms with Crippen molar-refractivity contribution in [3.05, 3.63) is 21.4 Å². The summed E-state index contributed by atoms with van der Waals surface area (Å²) in [7, 11) is 0. The first-order valence-corrected chi connectivity index (χ1v) is 7.77. The van der Waals surface area contributed by atoms with E-state index in [0.29, 0.717) is 5.88 Å². The molecule has 1 unspecified atom stereocenters. The Morgan fingerprint density at radius 1 is 1.69 bits per heavy atom. The summed E-state index contributed by atoms with van der Waals surface area (Å²) in [5.74, 6) is 2.68. The van der Waals surface area contributed by atoms with Gasteiger partial charge in [-0.25, -0.2) is 0 Å². The summed E-state index contributed by atoms with van der Waals surface area (Å²) in [6, 6.07) is 2.06. The van der Waals surface area contributed by atoms with Crippen LogP contribution in [0.1, 0.15) is 27.0 Å². The smallest absolute Gasteiger partial charge is 0.261 e. The molecule has 0 saturated carbocycles. The predicted molar refractivity (Wildman–Crippen MR) is 71.8 cm³/mol. The number of thiophene rings is 1. The van der Waals surface area contributed by atoms with Gasteiger partial charge in [0, 0.05) is 22.6 Å². The van der Waals surface area contributed by atoms with Crippen LogP contribution >= 0.6 is 34.7 Å². The van der Waals surface area contributed by atoms with Gasteiger partial charge in [0.1, 0.15) is 0 Å². The SMILES string of the molecule is CC(CCl)NC(=O)c1cc2c(s1)CCSC2. The topological polar surface area (TPSA) is 29.1 Å². The average Bonchev–Trinajstić information content (AvgIpc) is 2.72. The van der Waals surface area contributed by atoms with Crippen LogP contribution in [0.25, 0.3) is 0 Å². The lowest BCUT2D eigenvalue weighted by Crippen LogP contribution is -2.33. The van der Waals surface area contributed by atoms with Crippen molar-refractivity contribution in [1.29, 1.82) is 0 Å². The van der Waals surface area contributed by atoms with Crippen LogP contribution < -0.4 is 5.32 Å². The third-order valence-corrected chi connectivity index (χ3v) is 5.17. The molecule has 0 fully saturated rings. The van der Waals surface area contributed by atoms with Gasteiger partial charge in [-0.2, -0.15) is 11.8 Å². The number of halogens is 1. The van der Waals surface area contributed by atoms with Crippen molar-refractivity contribution in [3.63, 3.8) is 0 Å². The van der Waals surface area contributed by atoms with Gasteiger partial charge in [0.25, 0.3) is 5.91 Å². The number of carbonyl (C=O) groups is 1. The molecule has 16 heavy (non-hydrogen) atoms. The molecule has 0 radical (unpaired) electrons. The third-order valence-electron chi connectivity index (χ3n) is 2.46. The molecule has 1 aliphatic heterocycles. The lowest BCUT2D eigenvalue weighted by atomic mass is 10.2. The highest BCUT2D eigenvalue weighted by Gasteiger charge is 2.18. The van der Waals surface area contributed by atoms with E-state index in [0.717, 1.165) is 17.1 Å². The first kappa shape index (κ1) is 12.3. The van der Waals surface area contributed by atoms with Crippen molar-refractivity contribution in [2.45, 2.75) is 25.1 Å². The maximum Gasteiger partial charge on any atom is 0.261 e. The van der Waals surface area contributed by atoms with Crippen molar-refractivity contribution in [1.82, 2.24) is 5.32 Å². The summed E-state index contributed by atoms with van der Waals surface area (Å²) in [6.07, 6.45) is 1.10. The van der Waals surface area contributed by atoms with Crippen molar-refractivity contribution in [2.75, 3.05) is 11.6 Å². The average molecular weight is 276 g/mol. The van der Waals surface area contributed by atoms with Gasteiger partial charge >= 0.3 is 0 Å². The third kappa shape index (κ3) is 2.73. The van der Waals surface area contributed by atoms with Gasteiger partial charge in [0.15, 0.2) is 0 Å². The van der Waals surface area contributed by atoms with Crippen LogP contribution in [0.15, 0.2) is 6.07 Å². The van der Waals surface area contributed by atoms with Crippen LogP contribution in [0.2, 0.25) is 0 Å². The number of nitrogens with one attached hydrogen (secondary N) is 1. The molecule has 0 aliphatic carbocycles. The molecule has 1 atom stereocenters. The first-order chi connectivity index (χ1) is 7.70. The molecule has 1 aliphatic rings. The molecular formula is C11H14ClNOS2. The van der Waals surface area contributed by atoms with E-state index in [1.165, 1.54) is 16.2 Å². The molecule has 88 valence electrons. The monoisotopic (exact) mass is 275 g/mol. The zero-order valence-electron chi connectivity index (χ0n) is 9.09. The first-order valence-electron chi connectivity index (χ1n) is 5.27. The number of thioether (sulfide) groups is 1. The summed E-state index contributed by atoms with van der Waals surface area (Å²) in [6.45, 7) is 1.91. The molecule has 2 rings (SSSR count). The molecule has 2 nitrogen and oxygen atoms in total. The predicted octanol–water partition coefficient (Wildman–Crippen LogP) is 2.89. The Labute approximate surface area is 109 Å². The number of aryl methyl sites for hydroxylation is 1. The summed E-state index contributed by atoms with van der Waals surface area (Å²) in [4.78, 5) is 14.1. The molecule has 1 aromatic heterocycles. The van der Waals surface area contributed by atoms with E-state index < -0.39 is 0 Å². The molecule has 5 heteroatoms. The lowest BCUT2D eigenvalue weighted by Gasteiger charge is -2.08. The number of hydrogen-bond acceptors (Lipinski definition) is 3. The quantitative estimate of drug-likeness (QED) is 0.860. The Hall–Kier alpha value is -0.190. The fourth-order valence-corrected chi connectivity index (χ4v) is 3.95. The largest absolute Gasteiger partial charge is 0.348 e. The number of carbonyl (C=O) groups excluding carboxylic acids is 1. The van der Waals surface area contributed by atoms with E-state index in [1.54, 1.807) is 11.3 Å². The molecular weight excluding hydrogens is 262 g/mol. The fourth-order valence-electron chi connectivity index (χ4n) is 1.59. The van der Waals surface area contributed by atoms with Crippen LogP contribution in [-0.2, 0) is 12.2 Å². The standard InChI is InChI=1S/C11H14ClNOS2/c1-7(5-12)13-11(14)10-4-8-6-15-3-2-9(8)16-10/h4,7H,2-3,5-6H2,1H3,(H,13,14). The number of amides is 1. The second-order valence-electron chi connectivity index (χ2n) is 3.89. The van der Waals surface area contributed by atoms with E-state index in [4.69, 9.17) is 11.6 Å². The van der Waals surface area contributed by atoms with Gasteiger partial charge < -0.3 is 5.32 Å². The molecule has 1 aromatic rings. The van der Waals surface area contributed by atoms with E-state index in [2.05, 4.69) is 5.32 Å². The normalized spacial score (nSPS) is 16.6. The highest BCUT2D eigenvalue weighted by molar-refractivity contribution is 7.98. The maximum absolute atomic E-state index is 11.9. The Kier molecular flexibility index (Phi) is 4.16. The van der Waals surface area contributed by atoms with Crippen LogP contribution in [-0.4, -0.2) is 23.6 Å². The Morgan fingerprint density at radius 3 is 3.19 bits per heavy atom. The van der Waals surface area contributed by atoms with Crippen LogP contribution in [0.3, 0.4) is 0 Å². The second kappa shape index (κ2) is 5.43. The Balaban J connectivity index is 2.09. The summed E-state index contributed by atoms with van der Waals surface area (Å²) >= 11 is 9.23. The highest BCUT2D eigenvalue weighted by Crippen LogP contribution is 2.31. The lowest BCUT2D eigenvalue weighted by molar-refractivity contribution is 0.0947. The minimum Gasteiger partial charge on any atom is -0.348 e. The highest BCUT2D eigenvalue weighted by atomic mass is 35.5. The van der Waals surface area contributed by atoms with Gasteiger partial charge in [-0.1, -0.05) is 0 Å². The minimum atomic E-state index is 0.0116. The van der Waals surface area contributed by atoms with Crippen molar-refractivity contribution in [2.24, 2.45) is 0 Å². The van der Waals surface area contributed by atoms with Gasteiger partial charge in [0.05, 0.1) is 4.88 Å². The zero-order valence-corrected chi connectivity index (χ0v) is 11.5. The number of hydrogen-bond donors (Lipinski definition) is 1. The van der Waals surface area contributed by atoms with Crippen molar-refractivity contribution in [3.8, 4) is 0 Å². The minimum absolute atomic E-state index is 0.0116. The summed E-state index contributed by atoms with van der Waals surface area (Å²) in [5, 5.41) is 2.89. The van der Waals surface area contributed by atoms with Gasteiger partial charge in [-0.3, -0.25) is 4.79 Å². The maximum atomic E-state index is 11.9. The fraction of sp³-hybridized carbons (Fsp3) is 0.545. The van der Waals surface area contributed by atoms with E-state index in [-0.39, 0.29) is 11.9 Å². The van der Waals surface area contributed by atoms with Crippen molar-refractivity contribution < 1.29 is 4.79 Å². The number of fused-ring (bicyclic) bond motifs is 1. The van der Waals surface area contributed by atoms with Crippen LogP contribution in [0.5, 0.6) is 0 Å². The molecule has 0 aromatic carbocycles. The molecule has 1 N–H and O–H groups in total. The number of rotatable bonds is 3. The van der Waals surface area contributed by atoms with E-state index in [1.807, 2.05) is 24.8 Å². The summed E-state index contributed by atoms with van der Waals surface area (Å²) in [5.41, 5.74) is 1.34. The Bertz CT molecular complexity index is 368. The van der Waals surface area contributed by atoms with Crippen LogP contribution in [0, 0.1) is 0 Å². The Morgan fingerprint density at radius 2 is 2.50 bits per heavy atom. The van der Waals surface area contributed by atoms with Crippen LogP contribution in [0.4, 0.5) is 0 Å².